The van der Waals surface area contributed by atoms with Gasteiger partial charge >= 0.3 is 5.97 Å². The van der Waals surface area contributed by atoms with E-state index >= 15 is 0 Å². The fraction of sp³-hybridized carbons (Fsp3) is 0.800. The predicted octanol–water partition coefficient (Wildman–Crippen LogP) is 2.79. The average molecular weight is 266 g/mol. The minimum Gasteiger partial charge on any atom is -0.454 e. The molecule has 2 fully saturated rings. The lowest BCUT2D eigenvalue weighted by atomic mass is 9.58. The summed E-state index contributed by atoms with van der Waals surface area (Å²) in [5.74, 6) is 0.912. The van der Waals surface area contributed by atoms with E-state index in [1.165, 1.54) is 0 Å². The van der Waals surface area contributed by atoms with Crippen LogP contribution < -0.4 is 0 Å². The monoisotopic (exact) mass is 266 g/mol. The highest BCUT2D eigenvalue weighted by Crippen LogP contribution is 2.56. The van der Waals surface area contributed by atoms with E-state index < -0.39 is 5.60 Å². The van der Waals surface area contributed by atoms with Crippen molar-refractivity contribution < 1.29 is 19.7 Å². The first-order valence-corrected chi connectivity index (χ1v) is 7.22. The fourth-order valence-electron chi connectivity index (χ4n) is 4.46. The van der Waals surface area contributed by atoms with E-state index in [4.69, 9.17) is 9.99 Å². The minimum atomic E-state index is -0.451. The van der Waals surface area contributed by atoms with Crippen molar-refractivity contribution in [1.82, 2.24) is 0 Å². The zero-order chi connectivity index (χ0) is 13.8. The van der Waals surface area contributed by atoms with E-state index in [0.717, 1.165) is 24.8 Å². The molecule has 2 aliphatic carbocycles. The molecule has 0 aromatic carbocycles. The molecule has 4 nitrogen and oxygen atoms in total. The van der Waals surface area contributed by atoms with E-state index in [-0.39, 0.29) is 29.8 Å². The number of hydrogen-bond donors (Lipinski definition) is 1. The van der Waals surface area contributed by atoms with Crippen molar-refractivity contribution in [2.75, 3.05) is 0 Å². The highest BCUT2D eigenvalue weighted by Gasteiger charge is 2.61. The lowest BCUT2D eigenvalue weighted by molar-refractivity contribution is -0.278. The van der Waals surface area contributed by atoms with Crippen molar-refractivity contribution in [3.63, 3.8) is 0 Å². The van der Waals surface area contributed by atoms with Gasteiger partial charge in [0.25, 0.3) is 0 Å². The number of carbonyl (C=O) groups is 1. The van der Waals surface area contributed by atoms with Crippen molar-refractivity contribution in [1.29, 1.82) is 0 Å². The van der Waals surface area contributed by atoms with E-state index in [1.807, 2.05) is 13.8 Å². The molecule has 106 valence electrons. The third kappa shape index (κ3) is 1.69. The molecule has 0 amide bonds. The van der Waals surface area contributed by atoms with Crippen LogP contribution in [0.3, 0.4) is 0 Å². The quantitative estimate of drug-likeness (QED) is 0.343. The number of esters is 1. The van der Waals surface area contributed by atoms with Gasteiger partial charge in [0.05, 0.1) is 5.92 Å². The zero-order valence-corrected chi connectivity index (χ0v) is 11.8. The SMILES string of the molecule is CC1=C[C@@]23OC(=O)[C@H](C)[C@@H]2CC[C@@H](C)[C@@H]3C[C@H]1OO. The molecule has 0 radical (unpaired) electrons. The average Bonchev–Trinajstić information content (AvgIpc) is 2.60. The van der Waals surface area contributed by atoms with Crippen molar-refractivity contribution >= 4 is 5.97 Å². The molecular formula is C15H22O4. The van der Waals surface area contributed by atoms with Crippen molar-refractivity contribution in [3.8, 4) is 0 Å². The lowest BCUT2D eigenvalue weighted by Crippen LogP contribution is -2.52. The second-order valence-corrected chi connectivity index (χ2v) is 6.55. The van der Waals surface area contributed by atoms with Gasteiger partial charge in [-0.25, -0.2) is 4.89 Å². The Morgan fingerprint density at radius 3 is 2.79 bits per heavy atom. The van der Waals surface area contributed by atoms with Gasteiger partial charge in [-0.2, -0.15) is 0 Å². The molecule has 1 saturated heterocycles. The van der Waals surface area contributed by atoms with E-state index in [9.17, 15) is 4.79 Å². The van der Waals surface area contributed by atoms with Crippen LogP contribution in [0.2, 0.25) is 0 Å². The molecule has 0 bridgehead atoms. The molecule has 3 aliphatic rings. The van der Waals surface area contributed by atoms with E-state index in [2.05, 4.69) is 17.9 Å². The summed E-state index contributed by atoms with van der Waals surface area (Å²) in [6.07, 6.45) is 4.69. The van der Waals surface area contributed by atoms with Crippen LogP contribution in [0.25, 0.3) is 0 Å². The van der Waals surface area contributed by atoms with Gasteiger partial charge in [0, 0.05) is 11.8 Å². The highest BCUT2D eigenvalue weighted by atomic mass is 17.1. The van der Waals surface area contributed by atoms with E-state index in [1.54, 1.807) is 0 Å². The maximum absolute atomic E-state index is 12.0. The Hall–Kier alpha value is -0.870. The molecule has 0 unspecified atom stereocenters. The number of ether oxygens (including phenoxy) is 1. The zero-order valence-electron chi connectivity index (χ0n) is 11.8. The molecule has 6 atom stereocenters. The first-order chi connectivity index (χ1) is 8.99. The number of carbonyl (C=O) groups excluding carboxylic acids is 1. The Labute approximate surface area is 113 Å². The van der Waals surface area contributed by atoms with Gasteiger partial charge in [0.15, 0.2) is 0 Å². The Kier molecular flexibility index (Phi) is 2.98. The van der Waals surface area contributed by atoms with Crippen LogP contribution in [0.4, 0.5) is 0 Å². The largest absolute Gasteiger partial charge is 0.454 e. The summed E-state index contributed by atoms with van der Waals surface area (Å²) in [5, 5.41) is 9.03. The Morgan fingerprint density at radius 1 is 1.37 bits per heavy atom. The first kappa shape index (κ1) is 13.1. The molecule has 19 heavy (non-hydrogen) atoms. The standard InChI is InChI=1S/C15H22O4/c1-8-4-5-11-10(3)14(16)18-15(11)7-9(2)13(19-17)6-12(8)15/h7-8,10-13,17H,4-6H2,1-3H3/t8-,10-,11+,12+,13-,15-/m1/s1. The number of hydrogen-bond acceptors (Lipinski definition) is 4. The van der Waals surface area contributed by atoms with Gasteiger partial charge in [-0.05, 0) is 43.8 Å². The molecule has 4 heteroatoms. The van der Waals surface area contributed by atoms with Crippen LogP contribution in [0, 0.1) is 23.7 Å². The lowest BCUT2D eigenvalue weighted by Gasteiger charge is -2.49. The summed E-state index contributed by atoms with van der Waals surface area (Å²) in [7, 11) is 0. The van der Waals surface area contributed by atoms with Crippen LogP contribution >= 0.6 is 0 Å². The maximum Gasteiger partial charge on any atom is 0.309 e. The third-order valence-corrected chi connectivity index (χ3v) is 5.59. The normalized spacial score (nSPS) is 49.2. The predicted molar refractivity (Wildman–Crippen MR) is 69.2 cm³/mol. The van der Waals surface area contributed by atoms with Crippen molar-refractivity contribution in [3.05, 3.63) is 11.6 Å². The highest BCUT2D eigenvalue weighted by molar-refractivity contribution is 5.76. The Balaban J connectivity index is 2.06. The number of rotatable bonds is 1. The minimum absolute atomic E-state index is 0.0226. The Morgan fingerprint density at radius 2 is 2.11 bits per heavy atom. The fourth-order valence-corrected chi connectivity index (χ4v) is 4.46. The summed E-state index contributed by atoms with van der Waals surface area (Å²) in [5.41, 5.74) is 0.521. The smallest absolute Gasteiger partial charge is 0.309 e. The molecule has 1 saturated carbocycles. The van der Waals surface area contributed by atoms with Gasteiger partial charge in [0.2, 0.25) is 0 Å². The molecule has 0 aromatic rings. The van der Waals surface area contributed by atoms with Gasteiger partial charge in [0.1, 0.15) is 11.7 Å². The van der Waals surface area contributed by atoms with Gasteiger partial charge in [-0.15, -0.1) is 0 Å². The second-order valence-electron chi connectivity index (χ2n) is 6.55. The second kappa shape index (κ2) is 4.32. The molecule has 1 N–H and O–H groups in total. The van der Waals surface area contributed by atoms with Crippen LogP contribution in [-0.2, 0) is 14.4 Å². The van der Waals surface area contributed by atoms with E-state index in [0.29, 0.717) is 5.92 Å². The molecule has 1 heterocycles. The summed E-state index contributed by atoms with van der Waals surface area (Å²) < 4.78 is 5.85. The summed E-state index contributed by atoms with van der Waals surface area (Å²) in [4.78, 5) is 16.6. The summed E-state index contributed by atoms with van der Waals surface area (Å²) >= 11 is 0. The first-order valence-electron chi connectivity index (χ1n) is 7.22. The van der Waals surface area contributed by atoms with Gasteiger partial charge in [-0.1, -0.05) is 13.8 Å². The van der Waals surface area contributed by atoms with Crippen LogP contribution in [0.15, 0.2) is 11.6 Å². The molecule has 1 spiro atoms. The van der Waals surface area contributed by atoms with Crippen LogP contribution in [0.1, 0.15) is 40.0 Å². The third-order valence-electron chi connectivity index (χ3n) is 5.59. The molecular weight excluding hydrogens is 244 g/mol. The van der Waals surface area contributed by atoms with Crippen LogP contribution in [-0.4, -0.2) is 22.9 Å². The van der Waals surface area contributed by atoms with Crippen LogP contribution in [0.5, 0.6) is 0 Å². The summed E-state index contributed by atoms with van der Waals surface area (Å²) in [6, 6.07) is 0. The molecule has 1 aliphatic heterocycles. The maximum atomic E-state index is 12.0. The topological polar surface area (TPSA) is 55.8 Å². The van der Waals surface area contributed by atoms with Gasteiger partial charge < -0.3 is 4.74 Å². The summed E-state index contributed by atoms with van der Waals surface area (Å²) in [6.45, 7) is 6.13. The molecule has 0 aromatic heterocycles. The Bertz CT molecular complexity index is 430. The van der Waals surface area contributed by atoms with Gasteiger partial charge in [-0.3, -0.25) is 10.1 Å². The van der Waals surface area contributed by atoms with Crippen molar-refractivity contribution in [2.24, 2.45) is 23.7 Å². The van der Waals surface area contributed by atoms with Crippen molar-refractivity contribution in [2.45, 2.75) is 51.7 Å². The molecule has 3 rings (SSSR count).